The first-order valence-electron chi connectivity index (χ1n) is 8.78. The molecule has 0 bridgehead atoms. The van der Waals surface area contributed by atoms with Crippen LogP contribution < -0.4 is 0 Å². The molecule has 0 saturated heterocycles. The van der Waals surface area contributed by atoms with Gasteiger partial charge in [0.1, 0.15) is 0 Å². The van der Waals surface area contributed by atoms with Crippen LogP contribution >= 0.6 is 0 Å². The number of aromatic nitrogens is 3. The largest absolute Gasteiger partial charge is 0.265 e. The van der Waals surface area contributed by atoms with Crippen molar-refractivity contribution in [3.05, 3.63) is 90.3 Å². The summed E-state index contributed by atoms with van der Waals surface area (Å²) in [6, 6.07) is 11.8. The summed E-state index contributed by atoms with van der Waals surface area (Å²) in [5.74, 6) is 0. The van der Waals surface area contributed by atoms with Crippen LogP contribution in [-0.4, -0.2) is 15.0 Å². The number of pyridine rings is 3. The number of hydrogen-bond donors (Lipinski definition) is 0. The Morgan fingerprint density at radius 3 is 1.04 bits per heavy atom. The van der Waals surface area contributed by atoms with Gasteiger partial charge in [-0.1, -0.05) is 33.8 Å². The lowest BCUT2D eigenvalue weighted by molar-refractivity contribution is 1.27. The van der Waals surface area contributed by atoms with E-state index in [9.17, 15) is 0 Å². The Labute approximate surface area is 154 Å². The summed E-state index contributed by atoms with van der Waals surface area (Å²) in [6.45, 7) is 14.1. The molecule has 3 heteroatoms. The van der Waals surface area contributed by atoms with Crippen molar-refractivity contribution in [3.63, 3.8) is 0 Å². The van der Waals surface area contributed by atoms with Gasteiger partial charge in [-0.2, -0.15) is 0 Å². The second-order valence-electron chi connectivity index (χ2n) is 4.58. The predicted octanol–water partition coefficient (Wildman–Crippen LogP) is 6.22. The van der Waals surface area contributed by atoms with E-state index in [1.807, 2.05) is 91.1 Å². The zero-order valence-electron chi connectivity index (χ0n) is 16.8. The highest BCUT2D eigenvalue weighted by molar-refractivity contribution is 5.06. The van der Waals surface area contributed by atoms with Crippen molar-refractivity contribution in [2.75, 3.05) is 0 Å². The normalized spacial score (nSPS) is 7.80. The lowest BCUT2D eigenvalue weighted by Gasteiger charge is -1.82. The van der Waals surface area contributed by atoms with E-state index in [1.54, 1.807) is 31.0 Å². The highest BCUT2D eigenvalue weighted by atomic mass is 14.6. The SMILES string of the molecule is CC.CC.Cc1cccnc1.Cc1ccncc1.Cc1ccncc1. The van der Waals surface area contributed by atoms with E-state index in [1.165, 1.54) is 16.7 Å². The van der Waals surface area contributed by atoms with E-state index in [2.05, 4.69) is 15.0 Å². The third-order valence-corrected chi connectivity index (χ3v) is 2.50. The zero-order valence-corrected chi connectivity index (χ0v) is 16.8. The summed E-state index contributed by atoms with van der Waals surface area (Å²) in [7, 11) is 0. The standard InChI is InChI=1S/3C6H7N.2C2H6/c2*1-6-2-4-7-5-3-6;1-6-3-2-4-7-5-6;2*1-2/h3*2-5H,1H3;2*1-2H3. The van der Waals surface area contributed by atoms with E-state index in [0.717, 1.165) is 0 Å². The molecule has 0 fully saturated rings. The van der Waals surface area contributed by atoms with Gasteiger partial charge in [0.2, 0.25) is 0 Å². The first kappa shape index (κ1) is 24.7. The van der Waals surface area contributed by atoms with Gasteiger partial charge in [-0.25, -0.2) is 0 Å². The van der Waals surface area contributed by atoms with Crippen LogP contribution in [0.4, 0.5) is 0 Å². The van der Waals surface area contributed by atoms with Gasteiger partial charge in [0, 0.05) is 37.2 Å². The molecular weight excluding hydrogens is 306 g/mol. The molecule has 0 aliphatic carbocycles. The fourth-order valence-corrected chi connectivity index (χ4v) is 1.30. The smallest absolute Gasteiger partial charge is 0.0297 e. The molecule has 0 N–H and O–H groups in total. The Morgan fingerprint density at radius 1 is 0.480 bits per heavy atom. The lowest BCUT2D eigenvalue weighted by atomic mass is 10.3. The molecule has 3 aromatic rings. The molecule has 0 atom stereocenters. The van der Waals surface area contributed by atoms with Crippen LogP contribution in [0.1, 0.15) is 44.4 Å². The van der Waals surface area contributed by atoms with Crippen LogP contribution in [0.5, 0.6) is 0 Å². The molecule has 3 nitrogen and oxygen atoms in total. The van der Waals surface area contributed by atoms with Gasteiger partial charge in [0.05, 0.1) is 0 Å². The Balaban J connectivity index is 0. The van der Waals surface area contributed by atoms with Gasteiger partial charge >= 0.3 is 0 Å². The number of hydrogen-bond acceptors (Lipinski definition) is 3. The maximum atomic E-state index is 3.88. The van der Waals surface area contributed by atoms with Crippen LogP contribution in [0.3, 0.4) is 0 Å². The van der Waals surface area contributed by atoms with Gasteiger partial charge in [-0.3, -0.25) is 15.0 Å². The third-order valence-electron chi connectivity index (χ3n) is 2.50. The van der Waals surface area contributed by atoms with Crippen LogP contribution in [0.25, 0.3) is 0 Å². The Morgan fingerprint density at radius 2 is 0.880 bits per heavy atom. The Bertz CT molecular complexity index is 492. The van der Waals surface area contributed by atoms with Crippen molar-refractivity contribution in [3.8, 4) is 0 Å². The predicted molar refractivity (Wildman–Crippen MR) is 110 cm³/mol. The number of aryl methyl sites for hydroxylation is 3. The fraction of sp³-hybridized carbons (Fsp3) is 0.318. The molecule has 3 aromatic heterocycles. The average molecular weight is 340 g/mol. The molecule has 0 aliphatic heterocycles. The van der Waals surface area contributed by atoms with E-state index < -0.39 is 0 Å². The van der Waals surface area contributed by atoms with E-state index in [-0.39, 0.29) is 0 Å². The summed E-state index contributed by atoms with van der Waals surface area (Å²) in [5, 5.41) is 0. The van der Waals surface area contributed by atoms with Crippen molar-refractivity contribution in [1.29, 1.82) is 0 Å². The van der Waals surface area contributed by atoms with Crippen molar-refractivity contribution in [1.82, 2.24) is 15.0 Å². The second-order valence-corrected chi connectivity index (χ2v) is 4.58. The third kappa shape index (κ3) is 17.6. The highest BCUT2D eigenvalue weighted by Crippen LogP contribution is 1.89. The zero-order chi connectivity index (χ0) is 19.3. The molecule has 136 valence electrons. The fourth-order valence-electron chi connectivity index (χ4n) is 1.30. The maximum absolute atomic E-state index is 3.88. The van der Waals surface area contributed by atoms with Gasteiger partial charge in [0.25, 0.3) is 0 Å². The van der Waals surface area contributed by atoms with Crippen molar-refractivity contribution in [2.45, 2.75) is 48.5 Å². The minimum absolute atomic E-state index is 1.21. The number of rotatable bonds is 0. The molecule has 25 heavy (non-hydrogen) atoms. The first-order chi connectivity index (χ1) is 12.2. The summed E-state index contributed by atoms with van der Waals surface area (Å²) >= 11 is 0. The van der Waals surface area contributed by atoms with Gasteiger partial charge in [0.15, 0.2) is 0 Å². The molecule has 0 aliphatic rings. The monoisotopic (exact) mass is 339 g/mol. The van der Waals surface area contributed by atoms with E-state index >= 15 is 0 Å². The molecule has 0 aromatic carbocycles. The summed E-state index contributed by atoms with van der Waals surface area (Å²) in [5.41, 5.74) is 3.73. The molecule has 0 saturated carbocycles. The highest BCUT2D eigenvalue weighted by Gasteiger charge is 1.74. The van der Waals surface area contributed by atoms with E-state index in [0.29, 0.717) is 0 Å². The molecular formula is C22H33N3. The van der Waals surface area contributed by atoms with Gasteiger partial charge < -0.3 is 0 Å². The molecule has 0 spiro atoms. The lowest BCUT2D eigenvalue weighted by Crippen LogP contribution is -1.69. The average Bonchev–Trinajstić information content (AvgIpc) is 2.68. The number of nitrogens with zero attached hydrogens (tertiary/aromatic N) is 3. The molecule has 3 heterocycles. The Kier molecular flexibility index (Phi) is 19.3. The minimum Gasteiger partial charge on any atom is -0.265 e. The van der Waals surface area contributed by atoms with Crippen molar-refractivity contribution < 1.29 is 0 Å². The summed E-state index contributed by atoms with van der Waals surface area (Å²) in [6.07, 6.45) is 10.8. The van der Waals surface area contributed by atoms with Gasteiger partial charge in [-0.15, -0.1) is 0 Å². The first-order valence-corrected chi connectivity index (χ1v) is 8.78. The molecule has 0 radical (unpaired) electrons. The van der Waals surface area contributed by atoms with Crippen molar-refractivity contribution >= 4 is 0 Å². The van der Waals surface area contributed by atoms with Crippen LogP contribution in [0.2, 0.25) is 0 Å². The second kappa shape index (κ2) is 19.5. The quantitative estimate of drug-likeness (QED) is 0.488. The van der Waals surface area contributed by atoms with E-state index in [4.69, 9.17) is 0 Å². The summed E-state index contributed by atoms with van der Waals surface area (Å²) < 4.78 is 0. The molecule has 0 unspecified atom stereocenters. The molecule has 0 amide bonds. The van der Waals surface area contributed by atoms with Crippen LogP contribution in [-0.2, 0) is 0 Å². The minimum atomic E-state index is 1.21. The van der Waals surface area contributed by atoms with Gasteiger partial charge in [-0.05, 0) is 67.8 Å². The van der Waals surface area contributed by atoms with Crippen LogP contribution in [0.15, 0.2) is 73.6 Å². The summed E-state index contributed by atoms with van der Waals surface area (Å²) in [4.78, 5) is 11.6. The topological polar surface area (TPSA) is 38.7 Å². The molecule has 3 rings (SSSR count). The van der Waals surface area contributed by atoms with Crippen LogP contribution in [0, 0.1) is 20.8 Å². The maximum Gasteiger partial charge on any atom is 0.0297 e. The Hall–Kier alpha value is -2.55. The van der Waals surface area contributed by atoms with Crippen molar-refractivity contribution in [2.24, 2.45) is 0 Å².